The number of fused-ring (bicyclic) bond motifs is 1. The maximum Gasteiger partial charge on any atom is 0.332 e. The summed E-state index contributed by atoms with van der Waals surface area (Å²) in [6.07, 6.45) is 7.30. The number of aryl methyl sites for hydroxylation is 1. The molecule has 0 unspecified atom stereocenters. The van der Waals surface area contributed by atoms with E-state index in [9.17, 15) is 18.0 Å². The van der Waals surface area contributed by atoms with E-state index in [1.54, 1.807) is 43.1 Å². The normalized spacial score (nSPS) is 15.5. The van der Waals surface area contributed by atoms with E-state index in [1.807, 2.05) is 24.5 Å². The Kier molecular flexibility index (Phi) is 9.15. The van der Waals surface area contributed by atoms with Crippen LogP contribution >= 0.6 is 23.4 Å². The molecule has 1 fully saturated rings. The van der Waals surface area contributed by atoms with Gasteiger partial charge in [-0.3, -0.25) is 13.9 Å². The number of hydrogen-bond donors (Lipinski definition) is 1. The quantitative estimate of drug-likeness (QED) is 0.354. The summed E-state index contributed by atoms with van der Waals surface area (Å²) in [5.41, 5.74) is 7.36. The van der Waals surface area contributed by atoms with Gasteiger partial charge in [-0.2, -0.15) is 0 Å². The van der Waals surface area contributed by atoms with Crippen LogP contribution in [0.25, 0.3) is 11.2 Å². The van der Waals surface area contributed by atoms with E-state index in [1.165, 1.54) is 11.0 Å². The largest absolute Gasteiger partial charge is 0.332 e. The van der Waals surface area contributed by atoms with Crippen LogP contribution in [0.1, 0.15) is 51.5 Å². The fraction of sp³-hybridized carbons (Fsp3) is 0.519. The lowest BCUT2D eigenvalue weighted by Gasteiger charge is -2.35. The molecule has 0 aliphatic heterocycles. The summed E-state index contributed by atoms with van der Waals surface area (Å²) in [5, 5.41) is 1.16. The van der Waals surface area contributed by atoms with Gasteiger partial charge < -0.3 is 10.3 Å². The zero-order valence-electron chi connectivity index (χ0n) is 22.7. The number of sulfone groups is 1. The van der Waals surface area contributed by atoms with Crippen molar-refractivity contribution in [3.05, 3.63) is 67.3 Å². The number of nitrogens with two attached hydrogens (primary N) is 1. The molecule has 0 spiro atoms. The SMILES string of the molecule is CC(C)=CCn1c(SC2(CN)CCCCC2)nc2c1c(=O)n(CCS(=O)(=O)Cc1ccc(Cl)cc1)c(=O)n2C. The molecule has 12 heteroatoms. The van der Waals surface area contributed by atoms with E-state index in [0.717, 1.165) is 35.8 Å². The molecule has 2 aromatic heterocycles. The molecule has 1 aliphatic rings. The van der Waals surface area contributed by atoms with E-state index < -0.39 is 21.1 Å². The van der Waals surface area contributed by atoms with Gasteiger partial charge in [-0.05, 0) is 44.4 Å². The summed E-state index contributed by atoms with van der Waals surface area (Å²) in [6, 6.07) is 6.56. The van der Waals surface area contributed by atoms with Crippen molar-refractivity contribution in [2.24, 2.45) is 12.8 Å². The summed E-state index contributed by atoms with van der Waals surface area (Å²) >= 11 is 7.50. The molecule has 0 atom stereocenters. The topological polar surface area (TPSA) is 122 Å². The molecule has 9 nitrogen and oxygen atoms in total. The number of imidazole rings is 1. The van der Waals surface area contributed by atoms with Gasteiger partial charge in [0.05, 0.1) is 11.5 Å². The summed E-state index contributed by atoms with van der Waals surface area (Å²) in [7, 11) is -2.04. The average Bonchev–Trinajstić information content (AvgIpc) is 3.25. The second kappa shape index (κ2) is 12.0. The van der Waals surface area contributed by atoms with E-state index in [0.29, 0.717) is 28.8 Å². The Morgan fingerprint density at radius 1 is 1.13 bits per heavy atom. The minimum atomic E-state index is -3.60. The van der Waals surface area contributed by atoms with Crippen molar-refractivity contribution < 1.29 is 8.42 Å². The van der Waals surface area contributed by atoms with Crippen LogP contribution < -0.4 is 17.0 Å². The molecular formula is C27H36ClN5O4S2. The lowest BCUT2D eigenvalue weighted by atomic mass is 9.88. The van der Waals surface area contributed by atoms with Crippen LogP contribution in [0.15, 0.2) is 50.7 Å². The lowest BCUT2D eigenvalue weighted by Crippen LogP contribution is -2.41. The first-order valence-electron chi connectivity index (χ1n) is 13.1. The monoisotopic (exact) mass is 593 g/mol. The van der Waals surface area contributed by atoms with Crippen molar-refractivity contribution >= 4 is 44.4 Å². The van der Waals surface area contributed by atoms with Crippen LogP contribution in [0.3, 0.4) is 0 Å². The molecule has 0 saturated heterocycles. The molecule has 2 heterocycles. The Labute approximate surface area is 238 Å². The zero-order chi connectivity index (χ0) is 28.4. The first kappa shape index (κ1) is 29.6. The van der Waals surface area contributed by atoms with Gasteiger partial charge >= 0.3 is 5.69 Å². The Balaban J connectivity index is 1.74. The van der Waals surface area contributed by atoms with Gasteiger partial charge in [0.15, 0.2) is 26.2 Å². The van der Waals surface area contributed by atoms with Crippen molar-refractivity contribution in [3.63, 3.8) is 0 Å². The lowest BCUT2D eigenvalue weighted by molar-refractivity contribution is 0.402. The maximum absolute atomic E-state index is 13.8. The number of rotatable bonds is 10. The zero-order valence-corrected chi connectivity index (χ0v) is 25.0. The number of allylic oxidation sites excluding steroid dienone is 2. The summed E-state index contributed by atoms with van der Waals surface area (Å²) in [6.45, 7) is 4.62. The smallest absolute Gasteiger partial charge is 0.329 e. The van der Waals surface area contributed by atoms with E-state index in [4.69, 9.17) is 22.3 Å². The molecule has 2 N–H and O–H groups in total. The van der Waals surface area contributed by atoms with Crippen molar-refractivity contribution in [1.82, 2.24) is 18.7 Å². The summed E-state index contributed by atoms with van der Waals surface area (Å²) in [5.74, 6) is -0.557. The number of benzene rings is 1. The van der Waals surface area contributed by atoms with Crippen LogP contribution in [-0.4, -0.2) is 44.1 Å². The second-order valence-electron chi connectivity index (χ2n) is 10.5. The third-order valence-electron chi connectivity index (χ3n) is 7.25. The van der Waals surface area contributed by atoms with E-state index in [2.05, 4.69) is 0 Å². The molecule has 39 heavy (non-hydrogen) atoms. The predicted molar refractivity (Wildman–Crippen MR) is 158 cm³/mol. The molecule has 1 saturated carbocycles. The Morgan fingerprint density at radius 3 is 2.41 bits per heavy atom. The van der Waals surface area contributed by atoms with Gasteiger partial charge in [-0.1, -0.05) is 66.4 Å². The van der Waals surface area contributed by atoms with Gasteiger partial charge in [0.1, 0.15) is 0 Å². The van der Waals surface area contributed by atoms with E-state index >= 15 is 0 Å². The predicted octanol–water partition coefficient (Wildman–Crippen LogP) is 3.89. The van der Waals surface area contributed by atoms with Crippen molar-refractivity contribution in [3.8, 4) is 0 Å². The van der Waals surface area contributed by atoms with Crippen LogP contribution in [0.4, 0.5) is 0 Å². The maximum atomic E-state index is 13.8. The average molecular weight is 594 g/mol. The summed E-state index contributed by atoms with van der Waals surface area (Å²) < 4.78 is 29.8. The van der Waals surface area contributed by atoms with Crippen LogP contribution in [0.5, 0.6) is 0 Å². The third-order valence-corrected chi connectivity index (χ3v) is 10.6. The standard InChI is InChI=1S/C27H36ClN5O4S2/c1-19(2)11-14-32-22-23(30-25(32)38-27(18-29)12-5-4-6-13-27)31(3)26(35)33(24(22)34)15-16-39(36,37)17-20-7-9-21(28)10-8-20/h7-11H,4-6,12-18,29H2,1-3H3. The second-order valence-corrected chi connectivity index (χ2v) is 14.6. The van der Waals surface area contributed by atoms with Crippen molar-refractivity contribution in [2.45, 2.75) is 74.7 Å². The molecule has 0 bridgehead atoms. The third kappa shape index (κ3) is 6.70. The minimum absolute atomic E-state index is 0.171. The first-order chi connectivity index (χ1) is 18.4. The molecule has 212 valence electrons. The number of hydrogen-bond acceptors (Lipinski definition) is 7. The molecular weight excluding hydrogens is 558 g/mol. The fourth-order valence-electron chi connectivity index (χ4n) is 4.94. The fourth-order valence-corrected chi connectivity index (χ4v) is 7.75. The van der Waals surface area contributed by atoms with Crippen LogP contribution in [0.2, 0.25) is 5.02 Å². The number of halogens is 1. The van der Waals surface area contributed by atoms with Gasteiger partial charge in [0, 0.05) is 36.5 Å². The molecule has 1 aliphatic carbocycles. The van der Waals surface area contributed by atoms with Gasteiger partial charge in [0.2, 0.25) is 0 Å². The Bertz CT molecular complexity index is 1590. The molecule has 0 radical (unpaired) electrons. The van der Waals surface area contributed by atoms with Crippen LogP contribution in [-0.2, 0) is 35.7 Å². The number of thioether (sulfide) groups is 1. The Hall–Kier alpha value is -2.34. The molecule has 3 aromatic rings. The summed E-state index contributed by atoms with van der Waals surface area (Å²) in [4.78, 5) is 31.8. The van der Waals surface area contributed by atoms with Gasteiger partial charge in [-0.25, -0.2) is 18.2 Å². The highest BCUT2D eigenvalue weighted by Crippen LogP contribution is 2.43. The minimum Gasteiger partial charge on any atom is -0.329 e. The Morgan fingerprint density at radius 2 is 1.79 bits per heavy atom. The number of nitrogens with zero attached hydrogens (tertiary/aromatic N) is 4. The molecule has 0 amide bonds. The highest BCUT2D eigenvalue weighted by Gasteiger charge is 2.34. The highest BCUT2D eigenvalue weighted by molar-refractivity contribution is 8.00. The van der Waals surface area contributed by atoms with Crippen molar-refractivity contribution in [1.29, 1.82) is 0 Å². The number of aromatic nitrogens is 4. The van der Waals surface area contributed by atoms with E-state index in [-0.39, 0.29) is 34.0 Å². The first-order valence-corrected chi connectivity index (χ1v) is 16.1. The molecule has 4 rings (SSSR count). The van der Waals surface area contributed by atoms with Crippen LogP contribution in [0, 0.1) is 0 Å². The van der Waals surface area contributed by atoms with Gasteiger partial charge in [0.25, 0.3) is 5.56 Å². The molecule has 1 aromatic carbocycles. The van der Waals surface area contributed by atoms with Gasteiger partial charge in [-0.15, -0.1) is 0 Å². The van der Waals surface area contributed by atoms with Crippen molar-refractivity contribution in [2.75, 3.05) is 12.3 Å². The highest BCUT2D eigenvalue weighted by atomic mass is 35.5.